The lowest BCUT2D eigenvalue weighted by molar-refractivity contribution is -0.151. The highest BCUT2D eigenvalue weighted by atomic mass is 16.5. The van der Waals surface area contributed by atoms with E-state index in [1.165, 1.54) is 21.3 Å². The molecule has 0 bridgehead atoms. The summed E-state index contributed by atoms with van der Waals surface area (Å²) in [6, 6.07) is 5.35. The van der Waals surface area contributed by atoms with Crippen molar-refractivity contribution >= 4 is 17.7 Å². The van der Waals surface area contributed by atoms with Gasteiger partial charge in [0.1, 0.15) is 5.92 Å². The molecule has 27 heavy (non-hydrogen) atoms. The van der Waals surface area contributed by atoms with Crippen molar-refractivity contribution in [3.63, 3.8) is 0 Å². The molecule has 144 valence electrons. The molecule has 1 aromatic rings. The van der Waals surface area contributed by atoms with Crippen molar-refractivity contribution in [2.75, 3.05) is 21.3 Å². The summed E-state index contributed by atoms with van der Waals surface area (Å²) in [6.45, 7) is 1.81. The molecule has 7 nitrogen and oxygen atoms in total. The van der Waals surface area contributed by atoms with Crippen LogP contribution < -0.4 is 14.8 Å². The Labute approximate surface area is 157 Å². The van der Waals surface area contributed by atoms with Gasteiger partial charge in [-0.3, -0.25) is 14.4 Å². The molecule has 1 aromatic carbocycles. The molecule has 0 unspecified atom stereocenters. The van der Waals surface area contributed by atoms with Crippen LogP contribution in [0.15, 0.2) is 29.5 Å². The van der Waals surface area contributed by atoms with Crippen LogP contribution in [-0.4, -0.2) is 39.0 Å². The van der Waals surface area contributed by atoms with E-state index >= 15 is 0 Å². The van der Waals surface area contributed by atoms with Crippen molar-refractivity contribution in [1.29, 1.82) is 0 Å². The third-order valence-corrected chi connectivity index (χ3v) is 5.26. The van der Waals surface area contributed by atoms with Crippen molar-refractivity contribution in [1.82, 2.24) is 5.32 Å². The molecule has 7 heteroatoms. The van der Waals surface area contributed by atoms with E-state index in [9.17, 15) is 14.4 Å². The fourth-order valence-electron chi connectivity index (χ4n) is 4.05. The van der Waals surface area contributed by atoms with Crippen LogP contribution in [0.25, 0.3) is 0 Å². The van der Waals surface area contributed by atoms with Gasteiger partial charge in [0.25, 0.3) is 0 Å². The predicted molar refractivity (Wildman–Crippen MR) is 96.4 cm³/mol. The minimum atomic E-state index is -0.872. The summed E-state index contributed by atoms with van der Waals surface area (Å²) in [5.41, 5.74) is 1.72. The molecule has 0 spiro atoms. The second kappa shape index (κ2) is 7.42. The molecule has 0 aromatic heterocycles. The normalized spacial score (nSPS) is 24.8. The van der Waals surface area contributed by atoms with Gasteiger partial charge in [0.2, 0.25) is 5.91 Å². The van der Waals surface area contributed by atoms with Crippen molar-refractivity contribution in [3.05, 3.63) is 35.0 Å². The highest BCUT2D eigenvalue weighted by molar-refractivity contribution is 6.11. The van der Waals surface area contributed by atoms with E-state index in [-0.39, 0.29) is 24.0 Å². The van der Waals surface area contributed by atoms with Gasteiger partial charge < -0.3 is 19.5 Å². The molecule has 1 heterocycles. The fourth-order valence-corrected chi connectivity index (χ4v) is 4.05. The van der Waals surface area contributed by atoms with Crippen LogP contribution in [0.4, 0.5) is 0 Å². The third kappa shape index (κ3) is 3.18. The number of esters is 1. The minimum absolute atomic E-state index is 0.0936. The molecule has 1 aliphatic carbocycles. The molecule has 1 aliphatic heterocycles. The SMILES string of the molecule is COC(=O)[C@@H]1C(=O)C2=C(C[C@H]1C)NC(=O)C[C@H]2c1cccc(OC)c1OC. The Bertz CT molecular complexity index is 828. The maximum Gasteiger partial charge on any atom is 0.316 e. The van der Waals surface area contributed by atoms with E-state index in [2.05, 4.69) is 5.32 Å². The number of Topliss-reactive ketones (excluding diaryl/α,β-unsaturated/α-hetero) is 1. The summed E-state index contributed by atoms with van der Waals surface area (Å²) in [5, 5.41) is 2.82. The number of nitrogens with one attached hydrogen (secondary N) is 1. The van der Waals surface area contributed by atoms with Crippen molar-refractivity contribution in [2.24, 2.45) is 11.8 Å². The first-order chi connectivity index (χ1) is 12.9. The fraction of sp³-hybridized carbons (Fsp3) is 0.450. The summed E-state index contributed by atoms with van der Waals surface area (Å²) in [5.74, 6) is -1.65. The average Bonchev–Trinajstić information content (AvgIpc) is 2.65. The summed E-state index contributed by atoms with van der Waals surface area (Å²) in [4.78, 5) is 37.7. The number of rotatable bonds is 4. The Morgan fingerprint density at radius 1 is 1.11 bits per heavy atom. The van der Waals surface area contributed by atoms with Gasteiger partial charge >= 0.3 is 5.97 Å². The second-order valence-corrected chi connectivity index (χ2v) is 6.83. The second-order valence-electron chi connectivity index (χ2n) is 6.83. The van der Waals surface area contributed by atoms with Crippen LogP contribution in [0.3, 0.4) is 0 Å². The number of para-hydroxylation sites is 1. The molecule has 1 amide bonds. The summed E-state index contributed by atoms with van der Waals surface area (Å²) < 4.78 is 15.7. The van der Waals surface area contributed by atoms with Gasteiger partial charge in [-0.15, -0.1) is 0 Å². The number of ether oxygens (including phenoxy) is 3. The Morgan fingerprint density at radius 3 is 2.48 bits per heavy atom. The summed E-state index contributed by atoms with van der Waals surface area (Å²) >= 11 is 0. The van der Waals surface area contributed by atoms with E-state index < -0.39 is 17.8 Å². The van der Waals surface area contributed by atoms with Crippen LogP contribution in [-0.2, 0) is 19.1 Å². The lowest BCUT2D eigenvalue weighted by Crippen LogP contribution is -2.44. The minimum Gasteiger partial charge on any atom is -0.493 e. The maximum atomic E-state index is 13.2. The first-order valence-electron chi connectivity index (χ1n) is 8.78. The zero-order valence-electron chi connectivity index (χ0n) is 15.8. The van der Waals surface area contributed by atoms with Crippen LogP contribution in [0.2, 0.25) is 0 Å². The van der Waals surface area contributed by atoms with E-state index in [0.717, 1.165) is 0 Å². The molecule has 0 fully saturated rings. The molecule has 0 radical (unpaired) electrons. The van der Waals surface area contributed by atoms with E-state index in [1.54, 1.807) is 12.1 Å². The van der Waals surface area contributed by atoms with Gasteiger partial charge in [0.15, 0.2) is 17.3 Å². The standard InChI is InChI=1S/C20H23NO6/c1-10-8-13-17(18(23)16(10)20(24)27-4)12(9-15(22)21-13)11-6-5-7-14(25-2)19(11)26-3/h5-7,10,12,16H,8-9H2,1-4H3,(H,21,22)/t10-,12+,16+/m1/s1. The lowest BCUT2D eigenvalue weighted by Gasteiger charge is -2.36. The van der Waals surface area contributed by atoms with Crippen molar-refractivity contribution in [3.8, 4) is 11.5 Å². The highest BCUT2D eigenvalue weighted by Gasteiger charge is 2.46. The molecule has 3 atom stereocenters. The Hall–Kier alpha value is -2.83. The number of amides is 1. The first kappa shape index (κ1) is 18.9. The molecule has 1 N–H and O–H groups in total. The third-order valence-electron chi connectivity index (χ3n) is 5.26. The maximum absolute atomic E-state index is 13.2. The van der Waals surface area contributed by atoms with E-state index in [1.807, 2.05) is 13.0 Å². The number of methoxy groups -OCH3 is 3. The van der Waals surface area contributed by atoms with Crippen molar-refractivity contribution < 1.29 is 28.6 Å². The van der Waals surface area contributed by atoms with Gasteiger partial charge in [-0.1, -0.05) is 19.1 Å². The Kier molecular flexibility index (Phi) is 5.21. The summed E-state index contributed by atoms with van der Waals surface area (Å²) in [6.07, 6.45) is 0.520. The van der Waals surface area contributed by atoms with Crippen LogP contribution in [0.1, 0.15) is 31.2 Å². The van der Waals surface area contributed by atoms with Gasteiger partial charge in [0.05, 0.1) is 21.3 Å². The Balaban J connectivity index is 2.14. The monoisotopic (exact) mass is 373 g/mol. The van der Waals surface area contributed by atoms with Gasteiger partial charge in [0, 0.05) is 29.2 Å². The summed E-state index contributed by atoms with van der Waals surface area (Å²) in [7, 11) is 4.32. The Morgan fingerprint density at radius 2 is 1.85 bits per heavy atom. The van der Waals surface area contributed by atoms with Crippen LogP contribution in [0.5, 0.6) is 11.5 Å². The number of hydrogen-bond acceptors (Lipinski definition) is 6. The molecule has 0 saturated heterocycles. The quantitative estimate of drug-likeness (QED) is 0.641. The average molecular weight is 373 g/mol. The molecular formula is C20H23NO6. The lowest BCUT2D eigenvalue weighted by atomic mass is 9.70. The van der Waals surface area contributed by atoms with Crippen LogP contribution >= 0.6 is 0 Å². The smallest absolute Gasteiger partial charge is 0.316 e. The number of carbonyl (C=O) groups excluding carboxylic acids is 3. The highest BCUT2D eigenvalue weighted by Crippen LogP contribution is 2.46. The van der Waals surface area contributed by atoms with E-state index in [4.69, 9.17) is 14.2 Å². The molecule has 0 saturated carbocycles. The number of benzene rings is 1. The molecule has 2 aliphatic rings. The number of ketones is 1. The number of hydrogen-bond donors (Lipinski definition) is 1. The zero-order chi connectivity index (χ0) is 19.7. The van der Waals surface area contributed by atoms with E-state index in [0.29, 0.717) is 34.8 Å². The van der Waals surface area contributed by atoms with Gasteiger partial charge in [-0.25, -0.2) is 0 Å². The number of carbonyl (C=O) groups is 3. The molecule has 3 rings (SSSR count). The van der Waals surface area contributed by atoms with Crippen molar-refractivity contribution in [2.45, 2.75) is 25.7 Å². The van der Waals surface area contributed by atoms with Crippen LogP contribution in [0, 0.1) is 11.8 Å². The molecular weight excluding hydrogens is 350 g/mol. The van der Waals surface area contributed by atoms with Gasteiger partial charge in [-0.05, 0) is 18.4 Å². The first-order valence-corrected chi connectivity index (χ1v) is 8.78. The zero-order valence-corrected chi connectivity index (χ0v) is 15.8. The predicted octanol–water partition coefficient (Wildman–Crippen LogP) is 1.96. The largest absolute Gasteiger partial charge is 0.493 e. The number of allylic oxidation sites excluding steroid dienone is 2. The topological polar surface area (TPSA) is 90.9 Å². The van der Waals surface area contributed by atoms with Gasteiger partial charge in [-0.2, -0.15) is 0 Å².